The van der Waals surface area contributed by atoms with Crippen molar-refractivity contribution in [1.82, 2.24) is 16.2 Å². The first-order chi connectivity index (χ1) is 13.1. The van der Waals surface area contributed by atoms with Gasteiger partial charge in [0.15, 0.2) is 5.11 Å². The van der Waals surface area contributed by atoms with Crippen LogP contribution in [0.4, 0.5) is 5.69 Å². The van der Waals surface area contributed by atoms with Gasteiger partial charge in [-0.15, -0.1) is 0 Å². The summed E-state index contributed by atoms with van der Waals surface area (Å²) in [5, 5.41) is 3.39. The Balaban J connectivity index is 1.41. The molecule has 140 valence electrons. The van der Waals surface area contributed by atoms with Crippen LogP contribution in [0.3, 0.4) is 0 Å². The largest absolute Gasteiger partial charge is 0.357 e. The Kier molecular flexibility index (Phi) is 6.38. The molecule has 2 amide bonds. The third-order valence-corrected chi connectivity index (χ3v) is 4.54. The molecule has 1 aliphatic rings. The molecule has 0 aromatic heterocycles. The van der Waals surface area contributed by atoms with Gasteiger partial charge in [-0.25, -0.2) is 0 Å². The van der Waals surface area contributed by atoms with Crippen LogP contribution in [0, 0.1) is 0 Å². The molecule has 2 aromatic carbocycles. The van der Waals surface area contributed by atoms with Crippen molar-refractivity contribution in [3.8, 4) is 0 Å². The molecule has 0 bridgehead atoms. The summed E-state index contributed by atoms with van der Waals surface area (Å²) in [7, 11) is 0. The lowest BCUT2D eigenvalue weighted by atomic mass is 10.1. The van der Waals surface area contributed by atoms with Crippen LogP contribution in [0.2, 0.25) is 0 Å². The topological polar surface area (TPSA) is 73.5 Å². The van der Waals surface area contributed by atoms with Gasteiger partial charge in [0.1, 0.15) is 0 Å². The lowest BCUT2D eigenvalue weighted by Crippen LogP contribution is -2.47. The summed E-state index contributed by atoms with van der Waals surface area (Å²) in [6.45, 7) is 1.34. The zero-order chi connectivity index (χ0) is 19.1. The highest BCUT2D eigenvalue weighted by Crippen LogP contribution is 2.21. The van der Waals surface area contributed by atoms with Crippen LogP contribution in [0.25, 0.3) is 0 Å². The minimum absolute atomic E-state index is 0.154. The van der Waals surface area contributed by atoms with Crippen molar-refractivity contribution in [3.05, 3.63) is 65.7 Å². The number of anilines is 1. The predicted molar refractivity (Wildman–Crippen MR) is 109 cm³/mol. The highest BCUT2D eigenvalue weighted by atomic mass is 32.1. The molecule has 1 aliphatic heterocycles. The van der Waals surface area contributed by atoms with E-state index in [-0.39, 0.29) is 18.2 Å². The van der Waals surface area contributed by atoms with Gasteiger partial charge >= 0.3 is 0 Å². The first-order valence-corrected chi connectivity index (χ1v) is 9.28. The molecule has 0 spiro atoms. The summed E-state index contributed by atoms with van der Waals surface area (Å²) in [6.07, 6.45) is 1.73. The van der Waals surface area contributed by atoms with Crippen LogP contribution in [0.5, 0.6) is 0 Å². The zero-order valence-corrected chi connectivity index (χ0v) is 15.7. The van der Waals surface area contributed by atoms with E-state index in [1.807, 2.05) is 54.6 Å². The number of carbonyl (C=O) groups excluding carboxylic acids is 2. The lowest BCUT2D eigenvalue weighted by molar-refractivity contribution is -0.121. The molecule has 1 fully saturated rings. The smallest absolute Gasteiger partial charge is 0.242 e. The van der Waals surface area contributed by atoms with E-state index in [1.165, 1.54) is 0 Å². The molecule has 3 rings (SSSR count). The molecular weight excluding hydrogens is 360 g/mol. The number of hydrogen-bond acceptors (Lipinski definition) is 3. The number of benzene rings is 2. The summed E-state index contributed by atoms with van der Waals surface area (Å²) >= 11 is 5.15. The number of rotatable bonds is 5. The average Bonchev–Trinajstić information content (AvgIpc) is 3.12. The van der Waals surface area contributed by atoms with E-state index in [1.54, 1.807) is 4.90 Å². The van der Waals surface area contributed by atoms with Gasteiger partial charge in [0.2, 0.25) is 11.8 Å². The Morgan fingerprint density at radius 2 is 1.74 bits per heavy atom. The molecule has 0 radical (unpaired) electrons. The normalized spacial score (nSPS) is 13.3. The standard InChI is InChI=1S/C20H22N4O2S/c25-18(22-23-20(27)21-14-16-5-2-1-3-6-16)13-15-8-10-17(11-9-15)24-12-4-7-19(24)26/h1-3,5-6,8-11H,4,7,12-14H2,(H,22,25)(H2,21,23,27). The number of nitrogens with one attached hydrogen (secondary N) is 3. The van der Waals surface area contributed by atoms with E-state index in [4.69, 9.17) is 12.2 Å². The Morgan fingerprint density at radius 1 is 1.00 bits per heavy atom. The Hall–Kier alpha value is -2.93. The van der Waals surface area contributed by atoms with Crippen LogP contribution >= 0.6 is 12.2 Å². The molecular formula is C20H22N4O2S. The molecule has 2 aromatic rings. The number of nitrogens with zero attached hydrogens (tertiary/aromatic N) is 1. The summed E-state index contributed by atoms with van der Waals surface area (Å²) in [5.74, 6) is -0.0370. The van der Waals surface area contributed by atoms with Gasteiger partial charge in [-0.2, -0.15) is 0 Å². The Bertz CT molecular complexity index is 808. The van der Waals surface area contributed by atoms with Crippen molar-refractivity contribution in [2.75, 3.05) is 11.4 Å². The molecule has 0 saturated carbocycles. The molecule has 1 saturated heterocycles. The summed E-state index contributed by atoms with van der Waals surface area (Å²) in [5.41, 5.74) is 8.14. The SMILES string of the molecule is O=C(Cc1ccc(N2CCCC2=O)cc1)NNC(=S)NCc1ccccc1. The second-order valence-electron chi connectivity index (χ2n) is 6.33. The van der Waals surface area contributed by atoms with E-state index >= 15 is 0 Å². The summed E-state index contributed by atoms with van der Waals surface area (Å²) in [4.78, 5) is 25.6. The van der Waals surface area contributed by atoms with Gasteiger partial charge in [-0.1, -0.05) is 42.5 Å². The van der Waals surface area contributed by atoms with E-state index in [0.29, 0.717) is 18.1 Å². The molecule has 3 N–H and O–H groups in total. The molecule has 1 heterocycles. The van der Waals surface area contributed by atoms with Gasteiger partial charge in [-0.3, -0.25) is 20.4 Å². The van der Waals surface area contributed by atoms with Gasteiger partial charge in [0.05, 0.1) is 6.42 Å². The average molecular weight is 382 g/mol. The monoisotopic (exact) mass is 382 g/mol. The fourth-order valence-electron chi connectivity index (χ4n) is 2.89. The van der Waals surface area contributed by atoms with Gasteiger partial charge in [0.25, 0.3) is 0 Å². The van der Waals surface area contributed by atoms with Gasteiger partial charge in [0, 0.05) is 25.2 Å². The minimum atomic E-state index is -0.191. The highest BCUT2D eigenvalue weighted by Gasteiger charge is 2.21. The first-order valence-electron chi connectivity index (χ1n) is 8.88. The minimum Gasteiger partial charge on any atom is -0.357 e. The zero-order valence-electron chi connectivity index (χ0n) is 14.9. The van der Waals surface area contributed by atoms with Crippen LogP contribution in [0.15, 0.2) is 54.6 Å². The maximum atomic E-state index is 12.1. The highest BCUT2D eigenvalue weighted by molar-refractivity contribution is 7.80. The first kappa shape index (κ1) is 18.8. The van der Waals surface area contributed by atoms with Crippen LogP contribution < -0.4 is 21.1 Å². The summed E-state index contributed by atoms with van der Waals surface area (Å²) < 4.78 is 0. The molecule has 6 nitrogen and oxygen atoms in total. The lowest BCUT2D eigenvalue weighted by Gasteiger charge is -2.16. The third-order valence-electron chi connectivity index (χ3n) is 4.30. The van der Waals surface area contributed by atoms with Crippen LogP contribution in [-0.2, 0) is 22.6 Å². The Morgan fingerprint density at radius 3 is 2.41 bits per heavy atom. The molecule has 7 heteroatoms. The van der Waals surface area contributed by atoms with Gasteiger partial charge in [-0.05, 0) is 41.9 Å². The number of hydrogen-bond donors (Lipinski definition) is 3. The van der Waals surface area contributed by atoms with E-state index in [2.05, 4.69) is 16.2 Å². The van der Waals surface area contributed by atoms with Crippen molar-refractivity contribution in [3.63, 3.8) is 0 Å². The van der Waals surface area contributed by atoms with Crippen molar-refractivity contribution in [2.45, 2.75) is 25.8 Å². The Labute approximate surface area is 163 Å². The van der Waals surface area contributed by atoms with E-state index in [0.717, 1.165) is 29.8 Å². The van der Waals surface area contributed by atoms with Crippen molar-refractivity contribution in [1.29, 1.82) is 0 Å². The molecule has 27 heavy (non-hydrogen) atoms. The van der Waals surface area contributed by atoms with Crippen molar-refractivity contribution in [2.24, 2.45) is 0 Å². The number of thiocarbonyl (C=S) groups is 1. The van der Waals surface area contributed by atoms with E-state index in [9.17, 15) is 9.59 Å². The van der Waals surface area contributed by atoms with Crippen LogP contribution in [0.1, 0.15) is 24.0 Å². The number of carbonyl (C=O) groups is 2. The number of amides is 2. The van der Waals surface area contributed by atoms with Crippen molar-refractivity contribution >= 4 is 34.8 Å². The van der Waals surface area contributed by atoms with E-state index < -0.39 is 0 Å². The maximum Gasteiger partial charge on any atom is 0.242 e. The summed E-state index contributed by atoms with van der Waals surface area (Å²) in [6, 6.07) is 17.4. The fourth-order valence-corrected chi connectivity index (χ4v) is 3.02. The maximum absolute atomic E-state index is 12.1. The predicted octanol–water partition coefficient (Wildman–Crippen LogP) is 2.05. The fraction of sp³-hybridized carbons (Fsp3) is 0.250. The van der Waals surface area contributed by atoms with Gasteiger partial charge < -0.3 is 10.2 Å². The third kappa shape index (κ3) is 5.52. The molecule has 0 atom stereocenters. The second kappa shape index (κ2) is 9.14. The quantitative estimate of drug-likeness (QED) is 0.545. The second-order valence-corrected chi connectivity index (χ2v) is 6.74. The number of hydrazine groups is 1. The van der Waals surface area contributed by atoms with Crippen molar-refractivity contribution < 1.29 is 9.59 Å². The molecule has 0 unspecified atom stereocenters. The van der Waals surface area contributed by atoms with Crippen LogP contribution in [-0.4, -0.2) is 23.5 Å². The molecule has 0 aliphatic carbocycles.